The molecule has 3 amide bonds. The number of hydrogen-bond donors (Lipinski definition) is 4. The molecule has 3 rings (SSSR count). The van der Waals surface area contributed by atoms with Crippen LogP contribution in [-0.2, 0) is 19.1 Å². The first-order valence-corrected chi connectivity index (χ1v) is 10.4. The summed E-state index contributed by atoms with van der Waals surface area (Å²) >= 11 is 0. The van der Waals surface area contributed by atoms with Gasteiger partial charge in [-0.2, -0.15) is 13.2 Å². The summed E-state index contributed by atoms with van der Waals surface area (Å²) in [5, 5.41) is 14.3. The molecule has 0 bridgehead atoms. The highest BCUT2D eigenvalue weighted by atomic mass is 19.4. The van der Waals surface area contributed by atoms with Gasteiger partial charge < -0.3 is 25.8 Å². The molecule has 9 nitrogen and oxygen atoms in total. The number of carboxylic acids is 1. The Kier molecular flexibility index (Phi) is 7.32. The zero-order valence-electron chi connectivity index (χ0n) is 18.4. The van der Waals surface area contributed by atoms with Crippen LogP contribution in [0.15, 0.2) is 48.5 Å². The Morgan fingerprint density at radius 2 is 1.40 bits per heavy atom. The van der Waals surface area contributed by atoms with Crippen LogP contribution in [0, 0.1) is 0 Å². The van der Waals surface area contributed by atoms with E-state index in [0.717, 1.165) is 22.3 Å². The Hall–Kier alpha value is -4.09. The van der Waals surface area contributed by atoms with Gasteiger partial charge in [0.05, 0.1) is 6.54 Å². The van der Waals surface area contributed by atoms with Gasteiger partial charge in [-0.05, 0) is 29.2 Å². The molecule has 0 saturated heterocycles. The third-order valence-corrected chi connectivity index (χ3v) is 5.57. The summed E-state index contributed by atoms with van der Waals surface area (Å²) < 4.78 is 44.0. The molecule has 1 atom stereocenters. The van der Waals surface area contributed by atoms with Crippen LogP contribution in [0.25, 0.3) is 11.1 Å². The van der Waals surface area contributed by atoms with Crippen molar-refractivity contribution in [1.82, 2.24) is 16.0 Å². The Bertz CT molecular complexity index is 1110. The summed E-state index contributed by atoms with van der Waals surface area (Å²) in [5.74, 6) is -4.76. The van der Waals surface area contributed by atoms with E-state index in [2.05, 4.69) is 5.32 Å². The maximum absolute atomic E-state index is 12.9. The van der Waals surface area contributed by atoms with E-state index in [0.29, 0.717) is 0 Å². The van der Waals surface area contributed by atoms with Gasteiger partial charge in [0.15, 0.2) is 0 Å². The number of amides is 3. The Balaban J connectivity index is 1.46. The Morgan fingerprint density at radius 1 is 0.886 bits per heavy atom. The summed E-state index contributed by atoms with van der Waals surface area (Å²) in [5.41, 5.74) is 0.558. The van der Waals surface area contributed by atoms with Crippen molar-refractivity contribution >= 4 is 23.9 Å². The van der Waals surface area contributed by atoms with Gasteiger partial charge in [0.2, 0.25) is 17.4 Å². The van der Waals surface area contributed by atoms with Crippen molar-refractivity contribution in [1.29, 1.82) is 0 Å². The van der Waals surface area contributed by atoms with Crippen molar-refractivity contribution in [2.24, 2.45) is 0 Å². The van der Waals surface area contributed by atoms with Gasteiger partial charge in [-0.25, -0.2) is 9.59 Å². The molecule has 1 aliphatic carbocycles. The number of fused-ring (bicyclic) bond motifs is 3. The quantitative estimate of drug-likeness (QED) is 0.446. The first-order valence-electron chi connectivity index (χ1n) is 10.4. The van der Waals surface area contributed by atoms with E-state index in [4.69, 9.17) is 9.84 Å². The van der Waals surface area contributed by atoms with E-state index in [1.165, 1.54) is 5.32 Å². The lowest BCUT2D eigenvalue weighted by Crippen LogP contribution is -2.63. The number of benzene rings is 2. The number of carboxylic acid groups (broad SMARTS) is 1. The number of carbonyl (C=O) groups is 4. The van der Waals surface area contributed by atoms with E-state index < -0.39 is 48.7 Å². The van der Waals surface area contributed by atoms with Crippen molar-refractivity contribution in [2.75, 3.05) is 19.7 Å². The molecular weight excluding hydrogens is 471 g/mol. The average Bonchev–Trinajstić information content (AvgIpc) is 3.13. The van der Waals surface area contributed by atoms with Crippen LogP contribution in [-0.4, -0.2) is 60.4 Å². The first kappa shape index (κ1) is 25.5. The fourth-order valence-electron chi connectivity index (χ4n) is 3.61. The molecule has 0 spiro atoms. The molecule has 1 aliphatic rings. The summed E-state index contributed by atoms with van der Waals surface area (Å²) in [6, 6.07) is 15.4. The van der Waals surface area contributed by atoms with Crippen LogP contribution >= 0.6 is 0 Å². The van der Waals surface area contributed by atoms with Crippen molar-refractivity contribution in [3.8, 4) is 11.1 Å². The first-order chi connectivity index (χ1) is 16.4. The minimum Gasteiger partial charge on any atom is -0.479 e. The molecular formula is C23H22F3N3O6. The van der Waals surface area contributed by atoms with Crippen molar-refractivity contribution in [3.05, 3.63) is 59.7 Å². The molecule has 2 aromatic rings. The van der Waals surface area contributed by atoms with Gasteiger partial charge in [-0.3, -0.25) is 9.59 Å². The van der Waals surface area contributed by atoms with Gasteiger partial charge in [0, 0.05) is 5.92 Å². The number of alkyl halides is 3. The lowest BCUT2D eigenvalue weighted by Gasteiger charge is -2.28. The molecule has 0 saturated carbocycles. The molecule has 0 fully saturated rings. The van der Waals surface area contributed by atoms with E-state index in [1.54, 1.807) is 0 Å². The fourth-order valence-corrected chi connectivity index (χ4v) is 3.61. The van der Waals surface area contributed by atoms with Crippen molar-refractivity contribution < 1.29 is 42.2 Å². The van der Waals surface area contributed by atoms with E-state index in [-0.39, 0.29) is 19.4 Å². The molecule has 35 heavy (non-hydrogen) atoms. The number of rotatable bonds is 8. The number of hydrogen-bond acceptors (Lipinski definition) is 5. The van der Waals surface area contributed by atoms with Gasteiger partial charge in [-0.1, -0.05) is 48.5 Å². The van der Waals surface area contributed by atoms with E-state index in [1.807, 2.05) is 53.8 Å². The van der Waals surface area contributed by atoms with Crippen LogP contribution in [0.1, 0.15) is 24.0 Å². The standard InChI is InChI=1S/C23H22F3N3O6/c1-22(20(32)33,23(24,25)26)29-19(31)11-27-18(30)10-28-21(34)35-12-17-15-8-4-2-6-13(15)14-7-3-5-9-16(14)17/h2-9,17H,10-12H2,1H3,(H,27,30)(H,28,34)(H,29,31)(H,32,33). The summed E-state index contributed by atoms with van der Waals surface area (Å²) in [4.78, 5) is 46.5. The molecule has 4 N–H and O–H groups in total. The SMILES string of the molecule is CC(NC(=O)CNC(=O)CNC(=O)OCC1c2ccccc2-c2ccccc21)(C(=O)O)C(F)(F)F. The third kappa shape index (κ3) is 5.53. The van der Waals surface area contributed by atoms with Crippen molar-refractivity contribution in [3.63, 3.8) is 0 Å². The largest absolute Gasteiger partial charge is 0.479 e. The lowest BCUT2D eigenvalue weighted by atomic mass is 9.98. The summed E-state index contributed by atoms with van der Waals surface area (Å²) in [6.07, 6.45) is -6.16. The number of ether oxygens (including phenoxy) is 1. The maximum atomic E-state index is 12.9. The van der Waals surface area contributed by atoms with E-state index >= 15 is 0 Å². The molecule has 0 aliphatic heterocycles. The van der Waals surface area contributed by atoms with Crippen LogP contribution < -0.4 is 16.0 Å². The minimum absolute atomic E-state index is 0.00903. The van der Waals surface area contributed by atoms with Crippen LogP contribution in [0.5, 0.6) is 0 Å². The zero-order chi connectivity index (χ0) is 25.8. The number of halogens is 3. The number of nitrogens with one attached hydrogen (secondary N) is 3. The molecule has 12 heteroatoms. The Morgan fingerprint density at radius 3 is 1.91 bits per heavy atom. The smallest absolute Gasteiger partial charge is 0.422 e. The van der Waals surface area contributed by atoms with Crippen LogP contribution in [0.2, 0.25) is 0 Å². The number of carbonyl (C=O) groups excluding carboxylic acids is 3. The van der Waals surface area contributed by atoms with Crippen molar-refractivity contribution in [2.45, 2.75) is 24.6 Å². The summed E-state index contributed by atoms with van der Waals surface area (Å²) in [6.45, 7) is -1.24. The second-order valence-electron chi connectivity index (χ2n) is 7.93. The number of aliphatic carboxylic acids is 1. The van der Waals surface area contributed by atoms with Gasteiger partial charge in [0.25, 0.3) is 0 Å². The topological polar surface area (TPSA) is 134 Å². The third-order valence-electron chi connectivity index (χ3n) is 5.57. The van der Waals surface area contributed by atoms with Gasteiger partial charge in [0.1, 0.15) is 13.2 Å². The highest BCUT2D eigenvalue weighted by molar-refractivity contribution is 5.91. The molecule has 0 aromatic heterocycles. The molecule has 2 aromatic carbocycles. The normalized spacial score (nSPS) is 14.2. The molecule has 1 unspecified atom stereocenters. The average molecular weight is 493 g/mol. The highest BCUT2D eigenvalue weighted by Gasteiger charge is 2.58. The zero-order valence-corrected chi connectivity index (χ0v) is 18.4. The predicted molar refractivity (Wildman–Crippen MR) is 116 cm³/mol. The molecule has 0 heterocycles. The second kappa shape index (κ2) is 10.0. The lowest BCUT2D eigenvalue weighted by molar-refractivity contribution is -0.206. The minimum atomic E-state index is -5.26. The maximum Gasteiger partial charge on any atom is 0.422 e. The fraction of sp³-hybridized carbons (Fsp3) is 0.304. The predicted octanol–water partition coefficient (Wildman–Crippen LogP) is 2.16. The highest BCUT2D eigenvalue weighted by Crippen LogP contribution is 2.44. The van der Waals surface area contributed by atoms with E-state index in [9.17, 15) is 32.3 Å². The summed E-state index contributed by atoms with van der Waals surface area (Å²) in [7, 11) is 0. The monoisotopic (exact) mass is 493 g/mol. The molecule has 0 radical (unpaired) electrons. The van der Waals surface area contributed by atoms with Crippen LogP contribution in [0.4, 0.5) is 18.0 Å². The van der Waals surface area contributed by atoms with Gasteiger partial charge in [-0.15, -0.1) is 0 Å². The Labute approximate surface area is 197 Å². The second-order valence-corrected chi connectivity index (χ2v) is 7.93. The molecule has 186 valence electrons. The van der Waals surface area contributed by atoms with Crippen LogP contribution in [0.3, 0.4) is 0 Å². The number of alkyl carbamates (subject to hydrolysis) is 1. The van der Waals surface area contributed by atoms with Gasteiger partial charge >= 0.3 is 18.2 Å².